The van der Waals surface area contributed by atoms with Crippen molar-refractivity contribution >= 4 is 17.9 Å². The van der Waals surface area contributed by atoms with Gasteiger partial charge in [-0.15, -0.1) is 6.58 Å². The van der Waals surface area contributed by atoms with Crippen molar-refractivity contribution in [3.05, 3.63) is 43.0 Å². The molecular weight excluding hydrogens is 266 g/mol. The lowest BCUT2D eigenvalue weighted by Crippen LogP contribution is -2.30. The monoisotopic (exact) mass is 289 g/mol. The van der Waals surface area contributed by atoms with Gasteiger partial charge in [-0.25, -0.2) is 0 Å². The number of anilines is 1. The predicted octanol–water partition coefficient (Wildman–Crippen LogP) is 3.35. The van der Waals surface area contributed by atoms with Crippen LogP contribution < -0.4 is 5.32 Å². The van der Waals surface area contributed by atoms with E-state index in [9.17, 15) is 9.59 Å². The minimum Gasteiger partial charge on any atom is -0.364 e. The fourth-order valence-electron chi connectivity index (χ4n) is 1.95. The maximum atomic E-state index is 12.2. The van der Waals surface area contributed by atoms with Crippen molar-refractivity contribution in [3.8, 4) is 0 Å². The molecule has 0 fully saturated rings. The second-order valence-corrected chi connectivity index (χ2v) is 4.77. The average Bonchev–Trinajstić information content (AvgIpc) is 2.51. The highest BCUT2D eigenvalue weighted by molar-refractivity contribution is 5.94. The number of ether oxygens (including phenoxy) is 1. The Morgan fingerprint density at radius 2 is 2.00 bits per heavy atom. The topological polar surface area (TPSA) is 55.4 Å². The van der Waals surface area contributed by atoms with Gasteiger partial charge in [0.2, 0.25) is 0 Å². The zero-order chi connectivity index (χ0) is 15.3. The maximum Gasteiger partial charge on any atom is 0.253 e. The van der Waals surface area contributed by atoms with E-state index >= 15 is 0 Å². The van der Waals surface area contributed by atoms with Gasteiger partial charge in [0, 0.05) is 12.1 Å². The lowest BCUT2D eigenvalue weighted by molar-refractivity contribution is -0.127. The molecule has 0 radical (unpaired) electrons. The molecule has 1 rings (SSSR count). The molecule has 0 saturated heterocycles. The number of carbonyl (C=O) groups excluding carboxylic acids is 2. The lowest BCUT2D eigenvalue weighted by Gasteiger charge is -2.16. The summed E-state index contributed by atoms with van der Waals surface area (Å²) >= 11 is 0. The van der Waals surface area contributed by atoms with E-state index in [4.69, 9.17) is 4.74 Å². The summed E-state index contributed by atoms with van der Waals surface area (Å²) in [6.45, 7) is 3.95. The first-order chi connectivity index (χ1) is 10.3. The molecule has 0 aromatic heterocycles. The molecule has 1 aromatic rings. The zero-order valence-electron chi connectivity index (χ0n) is 12.3. The quantitative estimate of drug-likeness (QED) is 0.386. The van der Waals surface area contributed by atoms with Gasteiger partial charge in [0.25, 0.3) is 5.91 Å². The highest BCUT2D eigenvalue weighted by Crippen LogP contribution is 2.12. The molecule has 1 atom stereocenters. The number of rotatable bonds is 11. The SMILES string of the molecule is C=CCOC(CCCCCC=O)C(=O)Nc1ccccc1. The summed E-state index contributed by atoms with van der Waals surface area (Å²) in [4.78, 5) is 22.5. The molecule has 1 N–H and O–H groups in total. The third-order valence-electron chi connectivity index (χ3n) is 3.04. The first-order valence-corrected chi connectivity index (χ1v) is 7.30. The summed E-state index contributed by atoms with van der Waals surface area (Å²) in [5.74, 6) is -0.140. The van der Waals surface area contributed by atoms with E-state index in [1.165, 1.54) is 0 Å². The van der Waals surface area contributed by atoms with Crippen LogP contribution in [0.4, 0.5) is 5.69 Å². The van der Waals surface area contributed by atoms with E-state index in [2.05, 4.69) is 11.9 Å². The Hall–Kier alpha value is -1.94. The fourth-order valence-corrected chi connectivity index (χ4v) is 1.95. The molecular formula is C17H23NO3. The average molecular weight is 289 g/mol. The predicted molar refractivity (Wildman–Crippen MR) is 84.2 cm³/mol. The smallest absolute Gasteiger partial charge is 0.253 e. The van der Waals surface area contributed by atoms with Gasteiger partial charge < -0.3 is 14.8 Å². The summed E-state index contributed by atoms with van der Waals surface area (Å²) in [7, 11) is 0. The van der Waals surface area contributed by atoms with Gasteiger partial charge in [0.05, 0.1) is 6.61 Å². The van der Waals surface area contributed by atoms with Crippen molar-refractivity contribution in [3.63, 3.8) is 0 Å². The maximum absolute atomic E-state index is 12.2. The van der Waals surface area contributed by atoms with Crippen LogP contribution in [0, 0.1) is 0 Å². The summed E-state index contributed by atoms with van der Waals surface area (Å²) in [6, 6.07) is 9.32. The lowest BCUT2D eigenvalue weighted by atomic mass is 10.1. The Balaban J connectivity index is 2.44. The van der Waals surface area contributed by atoms with Gasteiger partial charge in [-0.1, -0.05) is 37.1 Å². The number of carbonyl (C=O) groups is 2. The van der Waals surface area contributed by atoms with Gasteiger partial charge >= 0.3 is 0 Å². The molecule has 1 amide bonds. The molecule has 0 aliphatic heterocycles. The summed E-state index contributed by atoms with van der Waals surface area (Å²) < 4.78 is 5.53. The number of para-hydroxylation sites is 1. The Kier molecular flexibility index (Phi) is 8.80. The highest BCUT2D eigenvalue weighted by atomic mass is 16.5. The van der Waals surface area contributed by atoms with Crippen LogP contribution in [0.2, 0.25) is 0 Å². The Bertz CT molecular complexity index is 431. The number of unbranched alkanes of at least 4 members (excludes halogenated alkanes) is 3. The van der Waals surface area contributed by atoms with Gasteiger partial charge in [-0.05, 0) is 25.0 Å². The summed E-state index contributed by atoms with van der Waals surface area (Å²) in [5, 5.41) is 2.85. The molecule has 1 unspecified atom stereocenters. The first kappa shape index (κ1) is 17.1. The van der Waals surface area contributed by atoms with Crippen molar-refractivity contribution in [1.82, 2.24) is 0 Å². The van der Waals surface area contributed by atoms with Crippen molar-refractivity contribution < 1.29 is 14.3 Å². The molecule has 114 valence electrons. The molecule has 0 aliphatic rings. The molecule has 0 spiro atoms. The van der Waals surface area contributed by atoms with E-state index in [1.807, 2.05) is 30.3 Å². The molecule has 0 aliphatic carbocycles. The van der Waals surface area contributed by atoms with E-state index in [0.29, 0.717) is 19.4 Å². The normalized spacial score (nSPS) is 11.6. The summed E-state index contributed by atoms with van der Waals surface area (Å²) in [5.41, 5.74) is 0.760. The molecule has 1 aromatic carbocycles. The number of aldehydes is 1. The van der Waals surface area contributed by atoms with Crippen LogP contribution in [0.15, 0.2) is 43.0 Å². The Morgan fingerprint density at radius 3 is 2.67 bits per heavy atom. The van der Waals surface area contributed by atoms with Crippen LogP contribution >= 0.6 is 0 Å². The number of amides is 1. The van der Waals surface area contributed by atoms with Crippen molar-refractivity contribution in [2.24, 2.45) is 0 Å². The van der Waals surface area contributed by atoms with Crippen LogP contribution in [0.25, 0.3) is 0 Å². The van der Waals surface area contributed by atoms with E-state index in [-0.39, 0.29) is 5.91 Å². The third-order valence-corrected chi connectivity index (χ3v) is 3.04. The standard InChI is InChI=1S/C17H23NO3/c1-2-14-21-16(12-8-3-4-9-13-19)17(20)18-15-10-6-5-7-11-15/h2,5-7,10-11,13,16H,1,3-4,8-9,12,14H2,(H,18,20). The van der Waals surface area contributed by atoms with Crippen LogP contribution in [-0.2, 0) is 14.3 Å². The summed E-state index contributed by atoms with van der Waals surface area (Å²) in [6.07, 6.45) is 5.93. The Labute approximate surface area is 126 Å². The van der Waals surface area contributed by atoms with Crippen molar-refractivity contribution in [2.75, 3.05) is 11.9 Å². The molecule has 4 heteroatoms. The van der Waals surface area contributed by atoms with Gasteiger partial charge in [0.1, 0.15) is 12.4 Å². The van der Waals surface area contributed by atoms with Gasteiger partial charge in [-0.3, -0.25) is 4.79 Å². The second-order valence-electron chi connectivity index (χ2n) is 4.77. The van der Waals surface area contributed by atoms with E-state index < -0.39 is 6.10 Å². The number of hydrogen-bond acceptors (Lipinski definition) is 3. The van der Waals surface area contributed by atoms with E-state index in [1.54, 1.807) is 6.08 Å². The molecule has 0 saturated carbocycles. The van der Waals surface area contributed by atoms with Crippen LogP contribution in [-0.4, -0.2) is 24.9 Å². The van der Waals surface area contributed by atoms with Gasteiger partial charge in [0.15, 0.2) is 0 Å². The third kappa shape index (κ3) is 7.42. The molecule has 21 heavy (non-hydrogen) atoms. The molecule has 0 bridgehead atoms. The van der Waals surface area contributed by atoms with Crippen LogP contribution in [0.5, 0.6) is 0 Å². The minimum absolute atomic E-state index is 0.140. The highest BCUT2D eigenvalue weighted by Gasteiger charge is 2.18. The minimum atomic E-state index is -0.487. The van der Waals surface area contributed by atoms with Crippen LogP contribution in [0.3, 0.4) is 0 Å². The number of benzene rings is 1. The number of hydrogen-bond donors (Lipinski definition) is 1. The largest absolute Gasteiger partial charge is 0.364 e. The molecule has 4 nitrogen and oxygen atoms in total. The van der Waals surface area contributed by atoms with Gasteiger partial charge in [-0.2, -0.15) is 0 Å². The second kappa shape index (κ2) is 10.8. The van der Waals surface area contributed by atoms with Crippen molar-refractivity contribution in [2.45, 2.75) is 38.2 Å². The van der Waals surface area contributed by atoms with Crippen molar-refractivity contribution in [1.29, 1.82) is 0 Å². The Morgan fingerprint density at radius 1 is 1.24 bits per heavy atom. The fraction of sp³-hybridized carbons (Fsp3) is 0.412. The molecule has 0 heterocycles. The number of nitrogens with one attached hydrogen (secondary N) is 1. The van der Waals surface area contributed by atoms with E-state index in [0.717, 1.165) is 31.2 Å². The zero-order valence-corrected chi connectivity index (χ0v) is 12.3. The van der Waals surface area contributed by atoms with Crippen LogP contribution in [0.1, 0.15) is 32.1 Å². The first-order valence-electron chi connectivity index (χ1n) is 7.30.